The highest BCUT2D eigenvalue weighted by Gasteiger charge is 2.20. The fourth-order valence-corrected chi connectivity index (χ4v) is 2.52. The number of fused-ring (bicyclic) bond motifs is 1. The van der Waals surface area contributed by atoms with Crippen LogP contribution in [0.4, 0.5) is 0 Å². The Balaban J connectivity index is 2.54. The maximum Gasteiger partial charge on any atom is 0.261 e. The summed E-state index contributed by atoms with van der Waals surface area (Å²) in [4.78, 5) is 23.7. The fraction of sp³-hybridized carbons (Fsp3) is 0.571. The fourth-order valence-electron chi connectivity index (χ4n) is 2.52. The summed E-state index contributed by atoms with van der Waals surface area (Å²) in [6, 6.07) is 1.81. The molecule has 17 heavy (non-hydrogen) atoms. The van der Waals surface area contributed by atoms with E-state index in [1.807, 2.05) is 10.6 Å². The molecule has 92 valence electrons. The van der Waals surface area contributed by atoms with Gasteiger partial charge in [0.15, 0.2) is 5.78 Å². The van der Waals surface area contributed by atoms with Gasteiger partial charge in [0.25, 0.3) is 5.56 Å². The van der Waals surface area contributed by atoms with Crippen molar-refractivity contribution in [1.82, 2.24) is 4.57 Å². The third-order valence-corrected chi connectivity index (χ3v) is 3.46. The molecule has 1 aromatic heterocycles. The smallest absolute Gasteiger partial charge is 0.261 e. The molecule has 0 saturated carbocycles. The zero-order valence-corrected chi connectivity index (χ0v) is 10.6. The zero-order valence-electron chi connectivity index (χ0n) is 10.6. The molecule has 0 spiro atoms. The second-order valence-electron chi connectivity index (χ2n) is 4.75. The number of hydrogen-bond donors (Lipinski definition) is 0. The van der Waals surface area contributed by atoms with Gasteiger partial charge in [0.05, 0.1) is 5.56 Å². The average molecular weight is 233 g/mol. The van der Waals surface area contributed by atoms with E-state index in [0.29, 0.717) is 5.56 Å². The summed E-state index contributed by atoms with van der Waals surface area (Å²) in [5.74, 6) is -0.116. The quantitative estimate of drug-likeness (QED) is 0.749. The number of ketones is 1. The molecular formula is C14H19NO2. The van der Waals surface area contributed by atoms with Crippen molar-refractivity contribution in [3.63, 3.8) is 0 Å². The maximum absolute atomic E-state index is 12.2. The van der Waals surface area contributed by atoms with Crippen LogP contribution in [0.15, 0.2) is 10.9 Å². The molecule has 0 N–H and O–H groups in total. The topological polar surface area (TPSA) is 39.1 Å². The molecule has 1 aliphatic carbocycles. The summed E-state index contributed by atoms with van der Waals surface area (Å²) in [5, 5.41) is 0. The standard InChI is InChI=1S/C14H19NO2/c1-3-4-8-15-13-7-5-6-11(13)9-12(10(2)16)14(15)17/h9H,3-8H2,1-2H3. The highest BCUT2D eigenvalue weighted by molar-refractivity contribution is 5.93. The molecule has 0 saturated heterocycles. The summed E-state index contributed by atoms with van der Waals surface area (Å²) in [7, 11) is 0. The highest BCUT2D eigenvalue weighted by Crippen LogP contribution is 2.21. The van der Waals surface area contributed by atoms with Gasteiger partial charge < -0.3 is 4.57 Å². The predicted octanol–water partition coefficient (Wildman–Crippen LogP) is 2.34. The first kappa shape index (κ1) is 12.1. The Morgan fingerprint density at radius 3 is 2.82 bits per heavy atom. The van der Waals surface area contributed by atoms with E-state index < -0.39 is 0 Å². The number of Topliss-reactive ketones (excluding diaryl/α,β-unsaturated/α-hetero) is 1. The number of carbonyl (C=O) groups is 1. The number of unbranched alkanes of at least 4 members (excludes halogenated alkanes) is 1. The van der Waals surface area contributed by atoms with Crippen molar-refractivity contribution in [2.24, 2.45) is 0 Å². The van der Waals surface area contributed by atoms with Crippen LogP contribution in [0.5, 0.6) is 0 Å². The molecule has 0 aromatic carbocycles. The molecule has 0 amide bonds. The number of carbonyl (C=O) groups excluding carboxylic acids is 1. The Morgan fingerprint density at radius 2 is 2.18 bits per heavy atom. The van der Waals surface area contributed by atoms with Crippen molar-refractivity contribution in [2.75, 3.05) is 0 Å². The Labute approximate surface area is 101 Å². The Kier molecular flexibility index (Phi) is 3.46. The molecule has 0 bridgehead atoms. The molecule has 3 heteroatoms. The normalized spacial score (nSPS) is 13.8. The van der Waals surface area contributed by atoms with E-state index in [0.717, 1.165) is 44.3 Å². The summed E-state index contributed by atoms with van der Waals surface area (Å²) >= 11 is 0. The minimum atomic E-state index is -0.116. The molecule has 0 fully saturated rings. The summed E-state index contributed by atoms with van der Waals surface area (Å²) in [6.45, 7) is 4.33. The molecule has 2 rings (SSSR count). The second-order valence-corrected chi connectivity index (χ2v) is 4.75. The van der Waals surface area contributed by atoms with Crippen LogP contribution in [0.3, 0.4) is 0 Å². The molecule has 0 unspecified atom stereocenters. The van der Waals surface area contributed by atoms with Gasteiger partial charge in [0.1, 0.15) is 0 Å². The lowest BCUT2D eigenvalue weighted by Crippen LogP contribution is -2.28. The largest absolute Gasteiger partial charge is 0.312 e. The van der Waals surface area contributed by atoms with Crippen LogP contribution in [0.1, 0.15) is 54.7 Å². The van der Waals surface area contributed by atoms with E-state index in [9.17, 15) is 9.59 Å². The van der Waals surface area contributed by atoms with E-state index in [-0.39, 0.29) is 11.3 Å². The van der Waals surface area contributed by atoms with Crippen LogP contribution < -0.4 is 5.56 Å². The summed E-state index contributed by atoms with van der Waals surface area (Å²) in [6.07, 6.45) is 5.13. The van der Waals surface area contributed by atoms with Crippen LogP contribution in [0.2, 0.25) is 0 Å². The molecule has 0 aliphatic heterocycles. The molecule has 0 radical (unpaired) electrons. The third kappa shape index (κ3) is 2.19. The zero-order chi connectivity index (χ0) is 12.4. The number of pyridine rings is 1. The Bertz CT molecular complexity index is 500. The van der Waals surface area contributed by atoms with Crippen LogP contribution in [0, 0.1) is 0 Å². The van der Waals surface area contributed by atoms with Gasteiger partial charge in [-0.1, -0.05) is 13.3 Å². The lowest BCUT2D eigenvalue weighted by molar-refractivity contribution is 0.101. The number of hydrogen-bond acceptors (Lipinski definition) is 2. The van der Waals surface area contributed by atoms with Crippen LogP contribution in [-0.2, 0) is 19.4 Å². The Morgan fingerprint density at radius 1 is 1.41 bits per heavy atom. The van der Waals surface area contributed by atoms with Gasteiger partial charge in [-0.15, -0.1) is 0 Å². The average Bonchev–Trinajstić information content (AvgIpc) is 2.74. The van der Waals surface area contributed by atoms with Crippen molar-refractivity contribution in [2.45, 2.75) is 52.5 Å². The minimum absolute atomic E-state index is 0.0911. The van der Waals surface area contributed by atoms with Crippen LogP contribution >= 0.6 is 0 Å². The Hall–Kier alpha value is -1.38. The van der Waals surface area contributed by atoms with Gasteiger partial charge >= 0.3 is 0 Å². The van der Waals surface area contributed by atoms with Gasteiger partial charge in [-0.2, -0.15) is 0 Å². The molecule has 1 aliphatic rings. The van der Waals surface area contributed by atoms with E-state index in [4.69, 9.17) is 0 Å². The van der Waals surface area contributed by atoms with Crippen molar-refractivity contribution >= 4 is 5.78 Å². The van der Waals surface area contributed by atoms with E-state index in [2.05, 4.69) is 6.92 Å². The van der Waals surface area contributed by atoms with Gasteiger partial charge in [-0.3, -0.25) is 9.59 Å². The van der Waals surface area contributed by atoms with E-state index in [1.54, 1.807) is 0 Å². The van der Waals surface area contributed by atoms with E-state index >= 15 is 0 Å². The summed E-state index contributed by atoms with van der Waals surface area (Å²) in [5.41, 5.74) is 2.63. The highest BCUT2D eigenvalue weighted by atomic mass is 16.1. The van der Waals surface area contributed by atoms with Crippen molar-refractivity contribution in [3.8, 4) is 0 Å². The molecule has 3 nitrogen and oxygen atoms in total. The van der Waals surface area contributed by atoms with Gasteiger partial charge in [0, 0.05) is 12.2 Å². The van der Waals surface area contributed by atoms with Crippen LogP contribution in [0.25, 0.3) is 0 Å². The maximum atomic E-state index is 12.2. The number of aromatic nitrogens is 1. The molecule has 0 atom stereocenters. The first-order valence-electron chi connectivity index (χ1n) is 6.41. The van der Waals surface area contributed by atoms with Crippen molar-refractivity contribution in [3.05, 3.63) is 33.2 Å². The second kappa shape index (κ2) is 4.86. The molecular weight excluding hydrogens is 214 g/mol. The van der Waals surface area contributed by atoms with Gasteiger partial charge in [-0.25, -0.2) is 0 Å². The van der Waals surface area contributed by atoms with E-state index in [1.165, 1.54) is 12.5 Å². The first-order valence-corrected chi connectivity index (χ1v) is 6.41. The van der Waals surface area contributed by atoms with Crippen molar-refractivity contribution in [1.29, 1.82) is 0 Å². The lowest BCUT2D eigenvalue weighted by Gasteiger charge is -2.13. The number of rotatable bonds is 4. The lowest BCUT2D eigenvalue weighted by atomic mass is 10.1. The molecule has 1 aromatic rings. The molecule has 1 heterocycles. The van der Waals surface area contributed by atoms with Crippen LogP contribution in [-0.4, -0.2) is 10.4 Å². The first-order chi connectivity index (χ1) is 8.15. The number of aryl methyl sites for hydroxylation is 1. The van der Waals surface area contributed by atoms with Gasteiger partial charge in [-0.05, 0) is 44.2 Å². The summed E-state index contributed by atoms with van der Waals surface area (Å²) < 4.78 is 1.84. The van der Waals surface area contributed by atoms with Gasteiger partial charge in [0.2, 0.25) is 0 Å². The predicted molar refractivity (Wildman–Crippen MR) is 67.6 cm³/mol. The minimum Gasteiger partial charge on any atom is -0.312 e. The third-order valence-electron chi connectivity index (χ3n) is 3.46. The van der Waals surface area contributed by atoms with Crippen molar-refractivity contribution < 1.29 is 4.79 Å². The number of nitrogens with zero attached hydrogens (tertiary/aromatic N) is 1. The monoisotopic (exact) mass is 233 g/mol. The SMILES string of the molecule is CCCCn1c2c(cc(C(C)=O)c1=O)CCC2.